The van der Waals surface area contributed by atoms with Crippen molar-refractivity contribution in [1.82, 2.24) is 14.7 Å². The molecule has 1 aliphatic rings. The van der Waals surface area contributed by atoms with E-state index in [0.717, 1.165) is 37.9 Å². The van der Waals surface area contributed by atoms with E-state index in [2.05, 4.69) is 5.10 Å². The maximum atomic E-state index is 12.7. The molecule has 0 spiro atoms. The van der Waals surface area contributed by atoms with Crippen molar-refractivity contribution in [1.29, 1.82) is 0 Å². The molecule has 0 unspecified atom stereocenters. The van der Waals surface area contributed by atoms with Gasteiger partial charge in [-0.3, -0.25) is 9.48 Å². The van der Waals surface area contributed by atoms with E-state index in [4.69, 9.17) is 11.6 Å². The van der Waals surface area contributed by atoms with Gasteiger partial charge in [0, 0.05) is 25.2 Å². The van der Waals surface area contributed by atoms with Crippen LogP contribution in [0, 0.1) is 5.41 Å². The summed E-state index contributed by atoms with van der Waals surface area (Å²) in [6, 6.07) is 0.0120. The fraction of sp³-hybridized carbons (Fsp3) is 0.733. The quantitative estimate of drug-likeness (QED) is 0.795. The van der Waals surface area contributed by atoms with Gasteiger partial charge in [-0.15, -0.1) is 0 Å². The summed E-state index contributed by atoms with van der Waals surface area (Å²) in [6.45, 7) is 6.71. The highest BCUT2D eigenvalue weighted by atomic mass is 35.5. The number of halogens is 1. The van der Waals surface area contributed by atoms with Gasteiger partial charge in [-0.1, -0.05) is 45.2 Å². The standard InChI is InChI=1S/C15H24ClN3O/c1-15(2,3)14(20)19-9-7-5-6-8-12(19)13-11(16)10-18(4)17-13/h10,12H,5-9H2,1-4H3/t12-/m0/s1. The molecule has 1 atom stereocenters. The van der Waals surface area contributed by atoms with E-state index in [0.29, 0.717) is 5.02 Å². The first-order chi connectivity index (χ1) is 9.30. The van der Waals surface area contributed by atoms with Crippen molar-refractivity contribution >= 4 is 17.5 Å². The third-order valence-corrected chi connectivity index (χ3v) is 4.07. The first-order valence-corrected chi connectivity index (χ1v) is 7.68. The topological polar surface area (TPSA) is 38.1 Å². The Morgan fingerprint density at radius 2 is 2.05 bits per heavy atom. The Labute approximate surface area is 126 Å². The van der Waals surface area contributed by atoms with Gasteiger partial charge in [-0.2, -0.15) is 5.10 Å². The van der Waals surface area contributed by atoms with Crippen molar-refractivity contribution in [3.05, 3.63) is 16.9 Å². The van der Waals surface area contributed by atoms with Gasteiger partial charge in [-0.25, -0.2) is 0 Å². The second-order valence-corrected chi connectivity index (χ2v) is 7.06. The zero-order valence-electron chi connectivity index (χ0n) is 12.8. The van der Waals surface area contributed by atoms with Crippen LogP contribution in [0.2, 0.25) is 5.02 Å². The van der Waals surface area contributed by atoms with Gasteiger partial charge in [0.15, 0.2) is 0 Å². The number of hydrogen-bond donors (Lipinski definition) is 0. The highest BCUT2D eigenvalue weighted by molar-refractivity contribution is 6.31. The van der Waals surface area contributed by atoms with Gasteiger partial charge in [0.1, 0.15) is 5.69 Å². The lowest BCUT2D eigenvalue weighted by Crippen LogP contribution is -2.42. The van der Waals surface area contributed by atoms with E-state index in [1.54, 1.807) is 4.68 Å². The third-order valence-electron chi connectivity index (χ3n) is 3.78. The number of aromatic nitrogens is 2. The first kappa shape index (κ1) is 15.4. The van der Waals surface area contributed by atoms with E-state index in [9.17, 15) is 4.79 Å². The Morgan fingerprint density at radius 3 is 2.60 bits per heavy atom. The molecule has 2 heterocycles. The molecule has 1 amide bonds. The second kappa shape index (κ2) is 5.76. The molecule has 1 aliphatic heterocycles. The minimum atomic E-state index is -0.371. The molecule has 0 radical (unpaired) electrons. The molecule has 0 saturated carbocycles. The fourth-order valence-corrected chi connectivity index (χ4v) is 3.07. The van der Waals surface area contributed by atoms with Crippen molar-refractivity contribution in [2.24, 2.45) is 12.5 Å². The number of nitrogens with zero attached hydrogens (tertiary/aromatic N) is 3. The molecule has 4 nitrogen and oxygen atoms in total. The largest absolute Gasteiger partial charge is 0.334 e. The van der Waals surface area contributed by atoms with Gasteiger partial charge in [0.05, 0.1) is 11.1 Å². The summed E-state index contributed by atoms with van der Waals surface area (Å²) in [6.07, 6.45) is 6.09. The molecule has 1 saturated heterocycles. The Bertz CT molecular complexity index is 490. The van der Waals surface area contributed by atoms with Crippen molar-refractivity contribution in [2.45, 2.75) is 52.5 Å². The number of rotatable bonds is 1. The van der Waals surface area contributed by atoms with E-state index in [1.807, 2.05) is 38.9 Å². The molecule has 0 N–H and O–H groups in total. The van der Waals surface area contributed by atoms with Crippen molar-refractivity contribution < 1.29 is 4.79 Å². The van der Waals surface area contributed by atoms with Crippen LogP contribution in [0.3, 0.4) is 0 Å². The van der Waals surface area contributed by atoms with Gasteiger partial charge in [-0.05, 0) is 12.8 Å². The number of aryl methyl sites for hydroxylation is 1. The van der Waals surface area contributed by atoms with Crippen LogP contribution in [-0.4, -0.2) is 27.1 Å². The van der Waals surface area contributed by atoms with Crippen LogP contribution < -0.4 is 0 Å². The van der Waals surface area contributed by atoms with Crippen LogP contribution in [0.25, 0.3) is 0 Å². The molecule has 1 aromatic heterocycles. The maximum Gasteiger partial charge on any atom is 0.228 e. The molecular weight excluding hydrogens is 274 g/mol. The number of amides is 1. The lowest BCUT2D eigenvalue weighted by atomic mass is 9.93. The van der Waals surface area contributed by atoms with Crippen molar-refractivity contribution in [3.8, 4) is 0 Å². The Hall–Kier alpha value is -1.03. The van der Waals surface area contributed by atoms with Gasteiger partial charge >= 0.3 is 0 Å². The number of hydrogen-bond acceptors (Lipinski definition) is 2. The molecule has 0 bridgehead atoms. The van der Waals surface area contributed by atoms with Gasteiger partial charge in [0.2, 0.25) is 5.91 Å². The normalized spacial score (nSPS) is 20.9. The Kier molecular flexibility index (Phi) is 4.43. The van der Waals surface area contributed by atoms with Crippen LogP contribution in [0.1, 0.15) is 58.2 Å². The SMILES string of the molecule is Cn1cc(Cl)c([C@@H]2CCCCCN2C(=O)C(C)(C)C)n1. The Balaban J connectivity index is 2.35. The van der Waals surface area contributed by atoms with E-state index < -0.39 is 0 Å². The highest BCUT2D eigenvalue weighted by Gasteiger charge is 2.35. The number of carbonyl (C=O) groups excluding carboxylic acids is 1. The Morgan fingerprint density at radius 1 is 1.35 bits per heavy atom. The lowest BCUT2D eigenvalue weighted by Gasteiger charge is -2.34. The summed E-state index contributed by atoms with van der Waals surface area (Å²) < 4.78 is 1.72. The summed E-state index contributed by atoms with van der Waals surface area (Å²) in [7, 11) is 1.86. The van der Waals surface area contributed by atoms with Crippen LogP contribution in [0.15, 0.2) is 6.20 Å². The predicted octanol–water partition coefficient (Wildman–Crippen LogP) is 3.56. The zero-order valence-corrected chi connectivity index (χ0v) is 13.6. The molecule has 1 aromatic rings. The monoisotopic (exact) mass is 297 g/mol. The summed E-state index contributed by atoms with van der Waals surface area (Å²) >= 11 is 6.29. The minimum absolute atomic E-state index is 0.0120. The molecular formula is C15H24ClN3O. The lowest BCUT2D eigenvalue weighted by molar-refractivity contribution is -0.142. The molecule has 2 rings (SSSR count). The maximum absolute atomic E-state index is 12.7. The smallest absolute Gasteiger partial charge is 0.228 e. The van der Waals surface area contributed by atoms with Crippen LogP contribution >= 0.6 is 11.6 Å². The van der Waals surface area contributed by atoms with Crippen LogP contribution in [-0.2, 0) is 11.8 Å². The predicted molar refractivity (Wildman–Crippen MR) is 80.6 cm³/mol. The number of carbonyl (C=O) groups is 1. The van der Waals surface area contributed by atoms with E-state index >= 15 is 0 Å². The van der Waals surface area contributed by atoms with Crippen LogP contribution in [0.4, 0.5) is 0 Å². The van der Waals surface area contributed by atoms with E-state index in [1.165, 1.54) is 0 Å². The third kappa shape index (κ3) is 3.17. The molecule has 0 aliphatic carbocycles. The molecule has 5 heteroatoms. The van der Waals surface area contributed by atoms with Gasteiger partial charge in [0.25, 0.3) is 0 Å². The summed E-state index contributed by atoms with van der Waals surface area (Å²) in [5.74, 6) is 0.186. The first-order valence-electron chi connectivity index (χ1n) is 7.31. The summed E-state index contributed by atoms with van der Waals surface area (Å²) in [5.41, 5.74) is 0.470. The molecule has 112 valence electrons. The van der Waals surface area contributed by atoms with Gasteiger partial charge < -0.3 is 4.90 Å². The average molecular weight is 298 g/mol. The molecule has 0 aromatic carbocycles. The zero-order chi connectivity index (χ0) is 14.9. The average Bonchev–Trinajstić information content (AvgIpc) is 2.57. The van der Waals surface area contributed by atoms with Crippen LogP contribution in [0.5, 0.6) is 0 Å². The summed E-state index contributed by atoms with van der Waals surface area (Å²) in [4.78, 5) is 14.7. The molecule has 20 heavy (non-hydrogen) atoms. The second-order valence-electron chi connectivity index (χ2n) is 6.65. The van der Waals surface area contributed by atoms with E-state index in [-0.39, 0.29) is 17.4 Å². The van der Waals surface area contributed by atoms with Crippen molar-refractivity contribution in [3.63, 3.8) is 0 Å². The molecule has 1 fully saturated rings. The minimum Gasteiger partial charge on any atom is -0.334 e. The highest BCUT2D eigenvalue weighted by Crippen LogP contribution is 2.35. The van der Waals surface area contributed by atoms with Crippen molar-refractivity contribution in [2.75, 3.05) is 6.54 Å². The fourth-order valence-electron chi connectivity index (χ4n) is 2.77. The summed E-state index contributed by atoms with van der Waals surface area (Å²) in [5, 5.41) is 5.14. The number of likely N-dealkylation sites (tertiary alicyclic amines) is 1.